The first-order valence-electron chi connectivity index (χ1n) is 6.15. The second kappa shape index (κ2) is 6.35. The number of sulfone groups is 1. The molecule has 1 amide bonds. The Morgan fingerprint density at radius 1 is 1.35 bits per heavy atom. The van der Waals surface area contributed by atoms with E-state index in [1.54, 1.807) is 0 Å². The number of hydrogen-bond acceptors (Lipinski definition) is 4. The van der Waals surface area contributed by atoms with Crippen molar-refractivity contribution in [3.05, 3.63) is 0 Å². The fraction of sp³-hybridized carbons (Fsp3) is 0.909. The molecular weight excluding hydrogens is 240 g/mol. The van der Waals surface area contributed by atoms with Gasteiger partial charge < -0.3 is 5.32 Å². The SMILES string of the molecule is CCCC(C)NC(=O)CN1CCS(=O)(=O)CC1. The lowest BCUT2D eigenvalue weighted by Crippen LogP contribution is -2.46. The van der Waals surface area contributed by atoms with Gasteiger partial charge in [-0.05, 0) is 13.3 Å². The lowest BCUT2D eigenvalue weighted by molar-refractivity contribution is -0.122. The lowest BCUT2D eigenvalue weighted by Gasteiger charge is -2.26. The van der Waals surface area contributed by atoms with Crippen molar-refractivity contribution >= 4 is 15.7 Å². The van der Waals surface area contributed by atoms with Gasteiger partial charge in [-0.3, -0.25) is 9.69 Å². The number of nitrogens with one attached hydrogen (secondary N) is 1. The molecule has 1 fully saturated rings. The fourth-order valence-electron chi connectivity index (χ4n) is 1.94. The molecule has 6 heteroatoms. The van der Waals surface area contributed by atoms with Crippen molar-refractivity contribution in [2.45, 2.75) is 32.7 Å². The van der Waals surface area contributed by atoms with Crippen LogP contribution in [0.1, 0.15) is 26.7 Å². The third kappa shape index (κ3) is 5.50. The Hall–Kier alpha value is -0.620. The summed E-state index contributed by atoms with van der Waals surface area (Å²) in [5.74, 6) is 0.334. The normalized spacial score (nSPS) is 22.0. The van der Waals surface area contributed by atoms with Crippen molar-refractivity contribution in [3.8, 4) is 0 Å². The molecule has 0 saturated carbocycles. The second-order valence-corrected chi connectivity index (χ2v) is 6.99. The van der Waals surface area contributed by atoms with Gasteiger partial charge in [0.1, 0.15) is 0 Å². The van der Waals surface area contributed by atoms with Gasteiger partial charge in [-0.1, -0.05) is 13.3 Å². The molecule has 1 aliphatic rings. The lowest BCUT2D eigenvalue weighted by atomic mass is 10.2. The van der Waals surface area contributed by atoms with Crippen LogP contribution in [0.3, 0.4) is 0 Å². The van der Waals surface area contributed by atoms with Crippen molar-refractivity contribution in [3.63, 3.8) is 0 Å². The van der Waals surface area contributed by atoms with Crippen molar-refractivity contribution < 1.29 is 13.2 Å². The summed E-state index contributed by atoms with van der Waals surface area (Å²) >= 11 is 0. The highest BCUT2D eigenvalue weighted by atomic mass is 32.2. The Morgan fingerprint density at radius 3 is 2.47 bits per heavy atom. The van der Waals surface area contributed by atoms with E-state index in [9.17, 15) is 13.2 Å². The standard InChI is InChI=1S/C11H22N2O3S/c1-3-4-10(2)12-11(14)9-13-5-7-17(15,16)8-6-13/h10H,3-9H2,1-2H3,(H,12,14). The van der Waals surface area contributed by atoms with E-state index >= 15 is 0 Å². The molecule has 0 spiro atoms. The minimum atomic E-state index is -2.86. The van der Waals surface area contributed by atoms with Crippen molar-refractivity contribution in [2.75, 3.05) is 31.1 Å². The zero-order chi connectivity index (χ0) is 12.9. The molecule has 1 saturated heterocycles. The fourth-order valence-corrected chi connectivity index (χ4v) is 3.21. The summed E-state index contributed by atoms with van der Waals surface area (Å²) in [5.41, 5.74) is 0. The van der Waals surface area contributed by atoms with Gasteiger partial charge in [0.05, 0.1) is 18.1 Å². The maximum Gasteiger partial charge on any atom is 0.234 e. The maximum atomic E-state index is 11.7. The third-order valence-electron chi connectivity index (χ3n) is 2.93. The van der Waals surface area contributed by atoms with Gasteiger partial charge in [0, 0.05) is 19.1 Å². The quantitative estimate of drug-likeness (QED) is 0.758. The Kier molecular flexibility index (Phi) is 5.39. The van der Waals surface area contributed by atoms with Gasteiger partial charge in [0.15, 0.2) is 9.84 Å². The molecule has 1 aliphatic heterocycles. The molecule has 1 atom stereocenters. The monoisotopic (exact) mass is 262 g/mol. The highest BCUT2D eigenvalue weighted by molar-refractivity contribution is 7.91. The van der Waals surface area contributed by atoms with Gasteiger partial charge >= 0.3 is 0 Å². The molecule has 0 aromatic rings. The molecule has 0 aliphatic carbocycles. The van der Waals surface area contributed by atoms with Gasteiger partial charge in [-0.15, -0.1) is 0 Å². The van der Waals surface area contributed by atoms with Crippen LogP contribution in [0.2, 0.25) is 0 Å². The van der Waals surface area contributed by atoms with Crippen LogP contribution in [0.4, 0.5) is 0 Å². The van der Waals surface area contributed by atoms with Crippen LogP contribution >= 0.6 is 0 Å². The molecular formula is C11H22N2O3S. The van der Waals surface area contributed by atoms with E-state index in [4.69, 9.17) is 0 Å². The van der Waals surface area contributed by atoms with E-state index in [2.05, 4.69) is 12.2 Å². The van der Waals surface area contributed by atoms with Crippen LogP contribution in [-0.4, -0.2) is 56.4 Å². The number of carbonyl (C=O) groups excluding carboxylic acids is 1. The minimum Gasteiger partial charge on any atom is -0.353 e. The van der Waals surface area contributed by atoms with Gasteiger partial charge in [0.2, 0.25) is 5.91 Å². The first-order chi connectivity index (χ1) is 7.93. The summed E-state index contributed by atoms with van der Waals surface area (Å²) in [7, 11) is -2.86. The predicted octanol–water partition coefficient (Wildman–Crippen LogP) is 0.0216. The molecule has 0 aromatic heterocycles. The van der Waals surface area contributed by atoms with E-state index in [0.29, 0.717) is 19.6 Å². The average Bonchev–Trinajstić information content (AvgIpc) is 2.21. The molecule has 1 rings (SSSR count). The van der Waals surface area contributed by atoms with Crippen LogP contribution in [0.25, 0.3) is 0 Å². The van der Waals surface area contributed by atoms with Crippen LogP contribution < -0.4 is 5.32 Å². The molecule has 100 valence electrons. The summed E-state index contributed by atoms with van der Waals surface area (Å²) in [6, 6.07) is 0.195. The summed E-state index contributed by atoms with van der Waals surface area (Å²) in [4.78, 5) is 13.6. The molecule has 17 heavy (non-hydrogen) atoms. The summed E-state index contributed by atoms with van der Waals surface area (Å²) in [6.45, 7) is 5.32. The zero-order valence-electron chi connectivity index (χ0n) is 10.6. The number of hydrogen-bond donors (Lipinski definition) is 1. The Balaban J connectivity index is 2.28. The second-order valence-electron chi connectivity index (χ2n) is 4.69. The Bertz CT molecular complexity index is 340. The average molecular weight is 262 g/mol. The minimum absolute atomic E-state index is 0.00903. The predicted molar refractivity (Wildman–Crippen MR) is 67.6 cm³/mol. The van der Waals surface area contributed by atoms with Crippen LogP contribution in [0, 0.1) is 0 Å². The van der Waals surface area contributed by atoms with Gasteiger partial charge in [-0.25, -0.2) is 8.42 Å². The van der Waals surface area contributed by atoms with Crippen LogP contribution in [0.5, 0.6) is 0 Å². The highest BCUT2D eigenvalue weighted by Crippen LogP contribution is 2.03. The largest absolute Gasteiger partial charge is 0.353 e. The van der Waals surface area contributed by atoms with Crippen molar-refractivity contribution in [1.29, 1.82) is 0 Å². The number of amides is 1. The van der Waals surface area contributed by atoms with E-state index < -0.39 is 9.84 Å². The molecule has 1 unspecified atom stereocenters. The summed E-state index contributed by atoms with van der Waals surface area (Å²) in [6.07, 6.45) is 2.02. The molecule has 0 aromatic carbocycles. The smallest absolute Gasteiger partial charge is 0.234 e. The number of nitrogens with zero attached hydrogens (tertiary/aromatic N) is 1. The number of rotatable bonds is 5. The third-order valence-corrected chi connectivity index (χ3v) is 4.54. The summed E-state index contributed by atoms with van der Waals surface area (Å²) in [5, 5.41) is 2.92. The highest BCUT2D eigenvalue weighted by Gasteiger charge is 2.23. The molecule has 0 radical (unpaired) electrons. The van der Waals surface area contributed by atoms with Crippen molar-refractivity contribution in [1.82, 2.24) is 10.2 Å². The van der Waals surface area contributed by atoms with Gasteiger partial charge in [-0.2, -0.15) is 0 Å². The van der Waals surface area contributed by atoms with Gasteiger partial charge in [0.25, 0.3) is 0 Å². The molecule has 5 nitrogen and oxygen atoms in total. The van der Waals surface area contributed by atoms with Crippen LogP contribution in [-0.2, 0) is 14.6 Å². The van der Waals surface area contributed by atoms with E-state index in [1.165, 1.54) is 0 Å². The number of carbonyl (C=O) groups is 1. The van der Waals surface area contributed by atoms with E-state index in [0.717, 1.165) is 12.8 Å². The first-order valence-corrected chi connectivity index (χ1v) is 7.97. The Labute approximate surface area is 103 Å². The molecule has 1 heterocycles. The zero-order valence-corrected chi connectivity index (χ0v) is 11.4. The maximum absolute atomic E-state index is 11.7. The first kappa shape index (κ1) is 14.4. The van der Waals surface area contributed by atoms with Crippen molar-refractivity contribution in [2.24, 2.45) is 0 Å². The van der Waals surface area contributed by atoms with E-state index in [-0.39, 0.29) is 23.5 Å². The molecule has 1 N–H and O–H groups in total. The van der Waals surface area contributed by atoms with E-state index in [1.807, 2.05) is 11.8 Å². The summed E-state index contributed by atoms with van der Waals surface area (Å²) < 4.78 is 22.4. The molecule has 0 bridgehead atoms. The van der Waals surface area contributed by atoms with Crippen LogP contribution in [0.15, 0.2) is 0 Å². The Morgan fingerprint density at radius 2 is 1.94 bits per heavy atom. The topological polar surface area (TPSA) is 66.5 Å².